The van der Waals surface area contributed by atoms with E-state index in [-0.39, 0.29) is 0 Å². The fraction of sp³-hybridized carbons (Fsp3) is 1.00. The highest BCUT2D eigenvalue weighted by atomic mass is 16.5. The Kier molecular flexibility index (Phi) is 7.96. The monoisotopic (exact) mass is 270 g/mol. The average molecular weight is 270 g/mol. The Labute approximate surface area is 120 Å². The zero-order valence-electron chi connectivity index (χ0n) is 13.5. The molecular weight excluding hydrogens is 236 g/mol. The summed E-state index contributed by atoms with van der Waals surface area (Å²) < 4.78 is 5.74. The molecule has 1 fully saturated rings. The van der Waals surface area contributed by atoms with Crippen molar-refractivity contribution in [1.29, 1.82) is 0 Å². The van der Waals surface area contributed by atoms with Crippen molar-refractivity contribution < 1.29 is 4.74 Å². The van der Waals surface area contributed by atoms with Crippen molar-refractivity contribution in [2.45, 2.75) is 71.4 Å². The van der Waals surface area contributed by atoms with Crippen molar-refractivity contribution >= 4 is 0 Å². The summed E-state index contributed by atoms with van der Waals surface area (Å²) in [6.07, 6.45) is 6.08. The summed E-state index contributed by atoms with van der Waals surface area (Å²) in [5.41, 5.74) is 0.314. The van der Waals surface area contributed by atoms with Gasteiger partial charge in [-0.2, -0.15) is 0 Å². The number of nitrogens with zero attached hydrogens (tertiary/aromatic N) is 1. The minimum atomic E-state index is 0.314. The van der Waals surface area contributed by atoms with Gasteiger partial charge in [0.05, 0.1) is 6.61 Å². The number of hydrogen-bond donors (Lipinski definition) is 1. The van der Waals surface area contributed by atoms with Gasteiger partial charge in [-0.05, 0) is 39.2 Å². The van der Waals surface area contributed by atoms with E-state index in [0.717, 1.165) is 32.8 Å². The Morgan fingerprint density at radius 2 is 1.95 bits per heavy atom. The van der Waals surface area contributed by atoms with E-state index in [1.807, 2.05) is 0 Å². The lowest BCUT2D eigenvalue weighted by atomic mass is 9.92. The van der Waals surface area contributed by atoms with Crippen LogP contribution in [0.2, 0.25) is 0 Å². The molecule has 1 saturated heterocycles. The summed E-state index contributed by atoms with van der Waals surface area (Å²) in [7, 11) is 0. The predicted molar refractivity (Wildman–Crippen MR) is 82.7 cm³/mol. The van der Waals surface area contributed by atoms with E-state index in [2.05, 4.69) is 37.9 Å². The van der Waals surface area contributed by atoms with Crippen LogP contribution >= 0.6 is 0 Å². The largest absolute Gasteiger partial charge is 0.380 e. The highest BCUT2D eigenvalue weighted by Crippen LogP contribution is 2.22. The second kappa shape index (κ2) is 8.93. The maximum atomic E-state index is 5.74. The van der Waals surface area contributed by atoms with E-state index in [1.54, 1.807) is 0 Å². The van der Waals surface area contributed by atoms with E-state index in [9.17, 15) is 0 Å². The van der Waals surface area contributed by atoms with Gasteiger partial charge in [0.2, 0.25) is 0 Å². The molecule has 0 aliphatic carbocycles. The molecule has 0 amide bonds. The van der Waals surface area contributed by atoms with Crippen LogP contribution < -0.4 is 5.32 Å². The molecule has 0 saturated carbocycles. The third kappa shape index (κ3) is 5.41. The molecular formula is C16H34N2O. The van der Waals surface area contributed by atoms with Crippen molar-refractivity contribution in [3.8, 4) is 0 Å². The standard InChI is InChI=1S/C16H34N2O/c1-5-8-12-19-13-11-18-14-16(6-2,7-3)17-10-9-15(18)4/h15,17H,5-14H2,1-4H3. The van der Waals surface area contributed by atoms with Crippen molar-refractivity contribution in [3.05, 3.63) is 0 Å². The van der Waals surface area contributed by atoms with Crippen LogP contribution in [0, 0.1) is 0 Å². The summed E-state index contributed by atoms with van der Waals surface area (Å²) in [4.78, 5) is 2.62. The molecule has 1 unspecified atom stereocenters. The van der Waals surface area contributed by atoms with Crippen LogP contribution in [0.5, 0.6) is 0 Å². The van der Waals surface area contributed by atoms with Gasteiger partial charge in [0, 0.05) is 31.3 Å². The normalized spacial score (nSPS) is 24.3. The lowest BCUT2D eigenvalue weighted by molar-refractivity contribution is 0.0773. The number of rotatable bonds is 8. The SMILES string of the molecule is CCCCOCCN1CC(CC)(CC)NCCC1C. The van der Waals surface area contributed by atoms with E-state index >= 15 is 0 Å². The zero-order chi connectivity index (χ0) is 14.1. The molecule has 3 nitrogen and oxygen atoms in total. The second-order valence-electron chi connectivity index (χ2n) is 5.99. The third-order valence-electron chi connectivity index (χ3n) is 4.71. The van der Waals surface area contributed by atoms with Gasteiger partial charge in [-0.3, -0.25) is 4.90 Å². The molecule has 0 aromatic heterocycles. The molecule has 1 N–H and O–H groups in total. The van der Waals surface area contributed by atoms with Crippen LogP contribution in [0.4, 0.5) is 0 Å². The van der Waals surface area contributed by atoms with Gasteiger partial charge in [-0.25, -0.2) is 0 Å². The van der Waals surface area contributed by atoms with Crippen LogP contribution in [0.25, 0.3) is 0 Å². The van der Waals surface area contributed by atoms with E-state index < -0.39 is 0 Å². The quantitative estimate of drug-likeness (QED) is 0.686. The average Bonchev–Trinajstić information content (AvgIpc) is 2.59. The van der Waals surface area contributed by atoms with Crippen LogP contribution in [0.3, 0.4) is 0 Å². The maximum absolute atomic E-state index is 5.74. The third-order valence-corrected chi connectivity index (χ3v) is 4.71. The van der Waals surface area contributed by atoms with Crippen molar-refractivity contribution in [2.24, 2.45) is 0 Å². The van der Waals surface area contributed by atoms with E-state index in [0.29, 0.717) is 11.6 Å². The highest BCUT2D eigenvalue weighted by molar-refractivity contribution is 4.93. The van der Waals surface area contributed by atoms with Crippen molar-refractivity contribution in [2.75, 3.05) is 32.8 Å². The molecule has 3 heteroatoms. The van der Waals surface area contributed by atoms with Crippen LogP contribution in [-0.4, -0.2) is 49.3 Å². The molecule has 114 valence electrons. The van der Waals surface area contributed by atoms with Gasteiger partial charge in [-0.15, -0.1) is 0 Å². The van der Waals surface area contributed by atoms with Gasteiger partial charge in [0.25, 0.3) is 0 Å². The first-order valence-electron chi connectivity index (χ1n) is 8.24. The summed E-state index contributed by atoms with van der Waals surface area (Å²) >= 11 is 0. The Morgan fingerprint density at radius 3 is 2.58 bits per heavy atom. The molecule has 0 spiro atoms. The molecule has 0 radical (unpaired) electrons. The number of ether oxygens (including phenoxy) is 1. The lowest BCUT2D eigenvalue weighted by Crippen LogP contribution is -2.51. The van der Waals surface area contributed by atoms with Crippen LogP contribution in [0.15, 0.2) is 0 Å². The van der Waals surface area contributed by atoms with Gasteiger partial charge in [-0.1, -0.05) is 27.2 Å². The molecule has 0 aromatic rings. The van der Waals surface area contributed by atoms with E-state index in [4.69, 9.17) is 4.74 Å². The zero-order valence-corrected chi connectivity index (χ0v) is 13.5. The Balaban J connectivity index is 2.43. The maximum Gasteiger partial charge on any atom is 0.0593 e. The lowest BCUT2D eigenvalue weighted by Gasteiger charge is -2.37. The Bertz CT molecular complexity index is 229. The second-order valence-corrected chi connectivity index (χ2v) is 5.99. The molecule has 19 heavy (non-hydrogen) atoms. The van der Waals surface area contributed by atoms with Crippen molar-refractivity contribution in [3.63, 3.8) is 0 Å². The fourth-order valence-corrected chi connectivity index (χ4v) is 2.88. The topological polar surface area (TPSA) is 24.5 Å². The number of unbranched alkanes of at least 4 members (excludes halogenated alkanes) is 1. The number of hydrogen-bond acceptors (Lipinski definition) is 3. The molecule has 0 aromatic carbocycles. The fourth-order valence-electron chi connectivity index (χ4n) is 2.88. The summed E-state index contributed by atoms with van der Waals surface area (Å²) in [5.74, 6) is 0. The predicted octanol–water partition coefficient (Wildman–Crippen LogP) is 3.05. The summed E-state index contributed by atoms with van der Waals surface area (Å²) in [5, 5.41) is 3.78. The molecule has 1 aliphatic heterocycles. The van der Waals surface area contributed by atoms with Gasteiger partial charge >= 0.3 is 0 Å². The first-order valence-corrected chi connectivity index (χ1v) is 8.24. The van der Waals surface area contributed by atoms with Crippen LogP contribution in [-0.2, 0) is 4.74 Å². The number of nitrogens with one attached hydrogen (secondary N) is 1. The minimum Gasteiger partial charge on any atom is -0.380 e. The van der Waals surface area contributed by atoms with Gasteiger partial charge in [0.1, 0.15) is 0 Å². The molecule has 1 aliphatic rings. The smallest absolute Gasteiger partial charge is 0.0593 e. The van der Waals surface area contributed by atoms with Crippen molar-refractivity contribution in [1.82, 2.24) is 10.2 Å². The van der Waals surface area contributed by atoms with E-state index in [1.165, 1.54) is 32.1 Å². The summed E-state index contributed by atoms with van der Waals surface area (Å²) in [6.45, 7) is 14.4. The Morgan fingerprint density at radius 1 is 1.21 bits per heavy atom. The van der Waals surface area contributed by atoms with Gasteiger partial charge < -0.3 is 10.1 Å². The molecule has 1 heterocycles. The minimum absolute atomic E-state index is 0.314. The highest BCUT2D eigenvalue weighted by Gasteiger charge is 2.32. The molecule has 1 atom stereocenters. The Hall–Kier alpha value is -0.120. The molecule has 1 rings (SSSR count). The molecule has 0 bridgehead atoms. The first kappa shape index (κ1) is 16.9. The first-order chi connectivity index (χ1) is 9.17. The van der Waals surface area contributed by atoms with Crippen LogP contribution in [0.1, 0.15) is 59.8 Å². The summed E-state index contributed by atoms with van der Waals surface area (Å²) in [6, 6.07) is 0.669. The van der Waals surface area contributed by atoms with Gasteiger partial charge in [0.15, 0.2) is 0 Å².